The number of fused-ring (bicyclic) bond motifs is 1. The normalized spacial score (nSPS) is 27.3. The zero-order valence-electron chi connectivity index (χ0n) is 12.1. The van der Waals surface area contributed by atoms with E-state index in [-0.39, 0.29) is 17.7 Å². The summed E-state index contributed by atoms with van der Waals surface area (Å²) in [5, 5.41) is 12.5. The van der Waals surface area contributed by atoms with Gasteiger partial charge in [-0.15, -0.1) is 0 Å². The molecular formula is C16H20N2O3. The lowest BCUT2D eigenvalue weighted by atomic mass is 9.97. The molecule has 2 N–H and O–H groups in total. The molecule has 1 saturated heterocycles. The van der Waals surface area contributed by atoms with Gasteiger partial charge in [0.15, 0.2) is 0 Å². The number of amides is 1. The van der Waals surface area contributed by atoms with Crippen LogP contribution in [-0.2, 0) is 9.59 Å². The molecule has 5 nitrogen and oxygen atoms in total. The Kier molecular flexibility index (Phi) is 3.57. The highest BCUT2D eigenvalue weighted by Crippen LogP contribution is 2.34. The minimum absolute atomic E-state index is 0.0282. The number of likely N-dealkylation sites (tertiary alicyclic amines) is 1. The summed E-state index contributed by atoms with van der Waals surface area (Å²) in [7, 11) is 0. The average Bonchev–Trinajstić information content (AvgIpc) is 3.03. The number of carboxylic acids is 1. The maximum absolute atomic E-state index is 12.4. The van der Waals surface area contributed by atoms with Crippen molar-refractivity contribution < 1.29 is 14.7 Å². The first-order chi connectivity index (χ1) is 10.1. The number of carbonyl (C=O) groups excluding carboxylic acids is 1. The van der Waals surface area contributed by atoms with E-state index < -0.39 is 11.9 Å². The van der Waals surface area contributed by atoms with Gasteiger partial charge in [0.1, 0.15) is 0 Å². The van der Waals surface area contributed by atoms with Crippen LogP contribution in [0, 0.1) is 11.8 Å². The lowest BCUT2D eigenvalue weighted by molar-refractivity contribution is -0.142. The zero-order chi connectivity index (χ0) is 15.0. The molecule has 0 aromatic heterocycles. The maximum Gasteiger partial charge on any atom is 0.308 e. The van der Waals surface area contributed by atoms with Crippen molar-refractivity contribution in [1.29, 1.82) is 0 Å². The molecule has 3 rings (SSSR count). The number of anilines is 1. The molecule has 3 unspecified atom stereocenters. The van der Waals surface area contributed by atoms with E-state index in [0.29, 0.717) is 19.5 Å². The summed E-state index contributed by atoms with van der Waals surface area (Å²) < 4.78 is 0. The van der Waals surface area contributed by atoms with Gasteiger partial charge in [0.25, 0.3) is 0 Å². The van der Waals surface area contributed by atoms with Crippen LogP contribution in [0.1, 0.15) is 24.8 Å². The highest BCUT2D eigenvalue weighted by Gasteiger charge is 2.37. The first kappa shape index (κ1) is 13.9. The highest BCUT2D eigenvalue weighted by atomic mass is 16.4. The molecule has 1 aromatic rings. The van der Waals surface area contributed by atoms with Crippen molar-refractivity contribution in [2.45, 2.75) is 19.3 Å². The molecule has 0 radical (unpaired) electrons. The molecule has 2 aliphatic rings. The van der Waals surface area contributed by atoms with Crippen molar-refractivity contribution in [1.82, 2.24) is 4.90 Å². The standard InChI is InChI=1S/C16H20N2O3/c1-10-8-18(9-13(10)16(20)21)15(19)6-11-7-17-14-5-3-2-4-12(11)14/h2-5,10-11,13,17H,6-9H2,1H3,(H,20,21). The quantitative estimate of drug-likeness (QED) is 0.889. The fourth-order valence-electron chi connectivity index (χ4n) is 3.37. The smallest absolute Gasteiger partial charge is 0.308 e. The van der Waals surface area contributed by atoms with E-state index in [0.717, 1.165) is 12.2 Å². The van der Waals surface area contributed by atoms with E-state index >= 15 is 0 Å². The Balaban J connectivity index is 1.65. The fourth-order valence-corrected chi connectivity index (χ4v) is 3.37. The Bertz CT molecular complexity index is 572. The lowest BCUT2D eigenvalue weighted by Crippen LogP contribution is -2.31. The van der Waals surface area contributed by atoms with Crippen LogP contribution in [0.25, 0.3) is 0 Å². The molecule has 21 heavy (non-hydrogen) atoms. The second-order valence-corrected chi connectivity index (χ2v) is 6.09. The van der Waals surface area contributed by atoms with Gasteiger partial charge in [-0.2, -0.15) is 0 Å². The molecule has 112 valence electrons. The number of nitrogens with one attached hydrogen (secondary N) is 1. The number of benzene rings is 1. The number of carboxylic acid groups (broad SMARTS) is 1. The molecule has 1 fully saturated rings. The van der Waals surface area contributed by atoms with Gasteiger partial charge in [0.05, 0.1) is 5.92 Å². The SMILES string of the molecule is CC1CN(C(=O)CC2CNc3ccccc32)CC1C(=O)O. The largest absolute Gasteiger partial charge is 0.481 e. The van der Waals surface area contributed by atoms with Crippen LogP contribution in [0.5, 0.6) is 0 Å². The first-order valence-electron chi connectivity index (χ1n) is 7.39. The monoisotopic (exact) mass is 288 g/mol. The third-order valence-electron chi connectivity index (χ3n) is 4.64. The number of aliphatic carboxylic acids is 1. The van der Waals surface area contributed by atoms with E-state index in [9.17, 15) is 9.59 Å². The molecule has 0 bridgehead atoms. The summed E-state index contributed by atoms with van der Waals surface area (Å²) in [6.07, 6.45) is 0.447. The molecule has 1 aromatic carbocycles. The van der Waals surface area contributed by atoms with E-state index in [1.54, 1.807) is 4.90 Å². The molecule has 2 aliphatic heterocycles. The van der Waals surface area contributed by atoms with Crippen LogP contribution in [0.3, 0.4) is 0 Å². The molecule has 0 aliphatic carbocycles. The average molecular weight is 288 g/mol. The van der Waals surface area contributed by atoms with Crippen molar-refractivity contribution >= 4 is 17.6 Å². The molecule has 0 saturated carbocycles. The summed E-state index contributed by atoms with van der Waals surface area (Å²) in [5.41, 5.74) is 2.29. The van der Waals surface area contributed by atoms with Crippen LogP contribution in [-0.4, -0.2) is 41.5 Å². The van der Waals surface area contributed by atoms with Gasteiger partial charge >= 0.3 is 5.97 Å². The number of hydrogen-bond donors (Lipinski definition) is 2. The van der Waals surface area contributed by atoms with Gasteiger partial charge in [-0.3, -0.25) is 9.59 Å². The van der Waals surface area contributed by atoms with Gasteiger partial charge < -0.3 is 15.3 Å². The van der Waals surface area contributed by atoms with Gasteiger partial charge in [-0.25, -0.2) is 0 Å². The Hall–Kier alpha value is -2.04. The van der Waals surface area contributed by atoms with Crippen LogP contribution in [0.2, 0.25) is 0 Å². The van der Waals surface area contributed by atoms with E-state index in [2.05, 4.69) is 11.4 Å². The zero-order valence-corrected chi connectivity index (χ0v) is 12.1. The molecule has 0 spiro atoms. The van der Waals surface area contributed by atoms with Gasteiger partial charge in [0.2, 0.25) is 5.91 Å². The summed E-state index contributed by atoms with van der Waals surface area (Å²) in [6.45, 7) is 3.57. The Labute approximate surface area is 123 Å². The molecular weight excluding hydrogens is 268 g/mol. The van der Waals surface area contributed by atoms with Crippen LogP contribution in [0.15, 0.2) is 24.3 Å². The molecule has 5 heteroatoms. The van der Waals surface area contributed by atoms with E-state index in [1.807, 2.05) is 25.1 Å². The minimum atomic E-state index is -0.800. The van der Waals surface area contributed by atoms with Crippen molar-refractivity contribution in [3.63, 3.8) is 0 Å². The van der Waals surface area contributed by atoms with Crippen LogP contribution < -0.4 is 5.32 Å². The van der Waals surface area contributed by atoms with Crippen LogP contribution >= 0.6 is 0 Å². The minimum Gasteiger partial charge on any atom is -0.481 e. The van der Waals surface area contributed by atoms with E-state index in [4.69, 9.17) is 5.11 Å². The van der Waals surface area contributed by atoms with Gasteiger partial charge in [-0.05, 0) is 17.5 Å². The third kappa shape index (κ3) is 2.60. The number of rotatable bonds is 3. The summed E-state index contributed by atoms with van der Waals surface area (Å²) in [6, 6.07) is 8.05. The van der Waals surface area contributed by atoms with Crippen molar-refractivity contribution in [2.75, 3.05) is 25.0 Å². The van der Waals surface area contributed by atoms with Crippen LogP contribution in [0.4, 0.5) is 5.69 Å². The summed E-state index contributed by atoms with van der Waals surface area (Å²) >= 11 is 0. The number of hydrogen-bond acceptors (Lipinski definition) is 3. The number of nitrogens with zero attached hydrogens (tertiary/aromatic N) is 1. The van der Waals surface area contributed by atoms with Crippen molar-refractivity contribution in [3.8, 4) is 0 Å². The Morgan fingerprint density at radius 2 is 2.10 bits per heavy atom. The summed E-state index contributed by atoms with van der Waals surface area (Å²) in [5.74, 6) is -0.948. The third-order valence-corrected chi connectivity index (χ3v) is 4.64. The Morgan fingerprint density at radius 3 is 2.81 bits per heavy atom. The molecule has 2 heterocycles. The van der Waals surface area contributed by atoms with E-state index in [1.165, 1.54) is 5.56 Å². The topological polar surface area (TPSA) is 69.6 Å². The van der Waals surface area contributed by atoms with Crippen molar-refractivity contribution in [3.05, 3.63) is 29.8 Å². The fraction of sp³-hybridized carbons (Fsp3) is 0.500. The lowest BCUT2D eigenvalue weighted by Gasteiger charge is -2.18. The maximum atomic E-state index is 12.4. The van der Waals surface area contributed by atoms with Crippen molar-refractivity contribution in [2.24, 2.45) is 11.8 Å². The van der Waals surface area contributed by atoms with Gasteiger partial charge in [0, 0.05) is 37.7 Å². The second-order valence-electron chi connectivity index (χ2n) is 6.09. The Morgan fingerprint density at radius 1 is 1.33 bits per heavy atom. The van der Waals surface area contributed by atoms with Gasteiger partial charge in [-0.1, -0.05) is 25.1 Å². The summed E-state index contributed by atoms with van der Waals surface area (Å²) in [4.78, 5) is 25.3. The number of para-hydroxylation sites is 1. The highest BCUT2D eigenvalue weighted by molar-refractivity contribution is 5.80. The first-order valence-corrected chi connectivity index (χ1v) is 7.39. The number of carbonyl (C=O) groups is 2. The molecule has 1 amide bonds. The second kappa shape index (κ2) is 5.39. The predicted molar refractivity (Wildman–Crippen MR) is 79.2 cm³/mol. The molecule has 3 atom stereocenters. The predicted octanol–water partition coefficient (Wildman–Crippen LogP) is 1.76.